The molecule has 0 aromatic heterocycles. The third-order valence-electron chi connectivity index (χ3n) is 3.37. The molecule has 4 heteroatoms. The molecule has 2 unspecified atom stereocenters. The third kappa shape index (κ3) is 4.53. The Labute approximate surface area is 141 Å². The number of thioether (sulfide) groups is 2. The van der Waals surface area contributed by atoms with E-state index in [-0.39, 0.29) is 0 Å². The van der Waals surface area contributed by atoms with Crippen LogP contribution in [0.4, 0.5) is 0 Å². The van der Waals surface area contributed by atoms with E-state index in [1.807, 2.05) is 62.4 Å². The van der Waals surface area contributed by atoms with Crippen LogP contribution >= 0.6 is 23.5 Å². The predicted molar refractivity (Wildman–Crippen MR) is 98.1 cm³/mol. The number of hydrogen-bond donors (Lipinski definition) is 2. The smallest absolute Gasteiger partial charge is 0.125 e. The van der Waals surface area contributed by atoms with Crippen LogP contribution in [0.1, 0.15) is 35.8 Å². The van der Waals surface area contributed by atoms with Gasteiger partial charge in [-0.2, -0.15) is 0 Å². The lowest BCUT2D eigenvalue weighted by Crippen LogP contribution is -1.93. The van der Waals surface area contributed by atoms with E-state index in [9.17, 15) is 10.2 Å². The van der Waals surface area contributed by atoms with Gasteiger partial charge in [0.1, 0.15) is 10.9 Å². The molecule has 2 aromatic carbocycles. The van der Waals surface area contributed by atoms with Crippen molar-refractivity contribution in [2.75, 3.05) is 11.5 Å². The van der Waals surface area contributed by atoms with Gasteiger partial charge in [-0.1, -0.05) is 62.4 Å². The van der Waals surface area contributed by atoms with Crippen molar-refractivity contribution in [2.45, 2.75) is 24.7 Å². The minimum atomic E-state index is -0.456. The molecule has 0 bridgehead atoms. The van der Waals surface area contributed by atoms with Gasteiger partial charge in [0.15, 0.2) is 0 Å². The van der Waals surface area contributed by atoms with Gasteiger partial charge >= 0.3 is 0 Å². The van der Waals surface area contributed by atoms with Crippen molar-refractivity contribution in [3.63, 3.8) is 0 Å². The molecule has 0 aliphatic heterocycles. The Kier molecular flexibility index (Phi) is 6.83. The minimum Gasteiger partial charge on any atom is -0.378 e. The van der Waals surface area contributed by atoms with Crippen molar-refractivity contribution in [3.05, 3.63) is 59.7 Å². The highest BCUT2D eigenvalue weighted by molar-refractivity contribution is 7.99. The van der Waals surface area contributed by atoms with E-state index in [0.717, 1.165) is 33.8 Å². The van der Waals surface area contributed by atoms with E-state index in [1.54, 1.807) is 0 Å². The molecule has 22 heavy (non-hydrogen) atoms. The Bertz CT molecular complexity index is 513. The minimum absolute atomic E-state index is 0.456. The Morgan fingerprint density at radius 3 is 1.27 bits per heavy atom. The van der Waals surface area contributed by atoms with Crippen LogP contribution < -0.4 is 0 Å². The molecule has 2 atom stereocenters. The van der Waals surface area contributed by atoms with Crippen LogP contribution in [0.5, 0.6) is 0 Å². The zero-order valence-corrected chi connectivity index (χ0v) is 14.5. The molecule has 0 aliphatic rings. The van der Waals surface area contributed by atoms with Crippen LogP contribution in [0.2, 0.25) is 0 Å². The molecule has 0 spiro atoms. The van der Waals surface area contributed by atoms with Crippen LogP contribution in [0.25, 0.3) is 11.1 Å². The van der Waals surface area contributed by atoms with Gasteiger partial charge in [0.25, 0.3) is 0 Å². The normalized spacial score (nSPS) is 13.8. The van der Waals surface area contributed by atoms with Crippen molar-refractivity contribution in [1.82, 2.24) is 0 Å². The van der Waals surface area contributed by atoms with E-state index in [2.05, 4.69) is 0 Å². The number of aliphatic hydroxyl groups is 2. The second-order valence-electron chi connectivity index (χ2n) is 4.86. The Morgan fingerprint density at radius 2 is 1.00 bits per heavy atom. The summed E-state index contributed by atoms with van der Waals surface area (Å²) in [6.45, 7) is 4.07. The first-order valence-corrected chi connectivity index (χ1v) is 9.55. The van der Waals surface area contributed by atoms with Gasteiger partial charge in [-0.25, -0.2) is 0 Å². The summed E-state index contributed by atoms with van der Waals surface area (Å²) < 4.78 is 0. The molecular weight excluding hydrogens is 312 g/mol. The molecule has 0 heterocycles. The molecule has 0 aliphatic carbocycles. The van der Waals surface area contributed by atoms with E-state index in [4.69, 9.17) is 0 Å². The molecule has 118 valence electrons. The second kappa shape index (κ2) is 8.63. The van der Waals surface area contributed by atoms with Crippen LogP contribution in [0, 0.1) is 0 Å². The summed E-state index contributed by atoms with van der Waals surface area (Å²) in [7, 11) is 0. The molecule has 0 radical (unpaired) electrons. The fourth-order valence-corrected chi connectivity index (χ4v) is 3.52. The first kappa shape index (κ1) is 17.4. The van der Waals surface area contributed by atoms with E-state index in [0.29, 0.717) is 0 Å². The maximum absolute atomic E-state index is 9.96. The average molecular weight is 335 g/mol. The lowest BCUT2D eigenvalue weighted by molar-refractivity contribution is 0.270. The molecule has 2 aromatic rings. The fraction of sp³-hybridized carbons (Fsp3) is 0.333. The monoisotopic (exact) mass is 334 g/mol. The Balaban J connectivity index is 2.11. The van der Waals surface area contributed by atoms with Gasteiger partial charge in [0, 0.05) is 0 Å². The first-order valence-electron chi connectivity index (χ1n) is 7.45. The molecule has 0 fully saturated rings. The van der Waals surface area contributed by atoms with Gasteiger partial charge in [-0.3, -0.25) is 0 Å². The highest BCUT2D eigenvalue weighted by Crippen LogP contribution is 2.30. The van der Waals surface area contributed by atoms with Crippen LogP contribution in [0.3, 0.4) is 0 Å². The quantitative estimate of drug-likeness (QED) is 0.711. The van der Waals surface area contributed by atoms with Gasteiger partial charge in [-0.05, 0) is 33.8 Å². The van der Waals surface area contributed by atoms with E-state index < -0.39 is 10.9 Å². The summed E-state index contributed by atoms with van der Waals surface area (Å²) >= 11 is 3.04. The molecule has 0 saturated carbocycles. The van der Waals surface area contributed by atoms with Gasteiger partial charge in [-0.15, -0.1) is 23.5 Å². The number of aliphatic hydroxyl groups excluding tert-OH is 2. The first-order chi connectivity index (χ1) is 10.7. The van der Waals surface area contributed by atoms with Crippen molar-refractivity contribution in [2.24, 2.45) is 0 Å². The van der Waals surface area contributed by atoms with Gasteiger partial charge in [0.2, 0.25) is 0 Å². The third-order valence-corrected chi connectivity index (χ3v) is 5.22. The molecule has 2 rings (SSSR count). The number of hydrogen-bond acceptors (Lipinski definition) is 4. The van der Waals surface area contributed by atoms with Crippen molar-refractivity contribution in [3.8, 4) is 11.1 Å². The maximum Gasteiger partial charge on any atom is 0.125 e. The molecule has 2 nitrogen and oxygen atoms in total. The van der Waals surface area contributed by atoms with Crippen LogP contribution in [-0.2, 0) is 0 Å². The fourth-order valence-electron chi connectivity index (χ4n) is 2.19. The zero-order chi connectivity index (χ0) is 15.9. The van der Waals surface area contributed by atoms with E-state index in [1.165, 1.54) is 23.5 Å². The predicted octanol–water partition coefficient (Wildman–Crippen LogP) is 4.84. The number of benzene rings is 2. The highest BCUT2D eigenvalue weighted by Gasteiger charge is 2.08. The van der Waals surface area contributed by atoms with Crippen molar-refractivity contribution < 1.29 is 10.2 Å². The average Bonchev–Trinajstić information content (AvgIpc) is 2.55. The van der Waals surface area contributed by atoms with Crippen LogP contribution in [0.15, 0.2) is 48.5 Å². The second-order valence-corrected chi connectivity index (χ2v) is 7.57. The van der Waals surface area contributed by atoms with Gasteiger partial charge < -0.3 is 10.2 Å². The standard InChI is InChI=1S/C18H22O2S2/c1-3-21-17(19)15-9-5-13(6-10-15)14-7-11-16(12-8-14)18(20)22-4-2/h5-12,17-20H,3-4H2,1-2H3. The summed E-state index contributed by atoms with van der Waals surface area (Å²) in [6, 6.07) is 16.0. The summed E-state index contributed by atoms with van der Waals surface area (Å²) in [5, 5.41) is 19.9. The lowest BCUT2D eigenvalue weighted by atomic mass is 10.0. The van der Waals surface area contributed by atoms with Gasteiger partial charge in [0.05, 0.1) is 0 Å². The van der Waals surface area contributed by atoms with Crippen molar-refractivity contribution in [1.29, 1.82) is 0 Å². The Hall–Kier alpha value is -0.940. The van der Waals surface area contributed by atoms with Crippen LogP contribution in [-0.4, -0.2) is 21.7 Å². The molecule has 0 amide bonds. The van der Waals surface area contributed by atoms with Crippen molar-refractivity contribution >= 4 is 23.5 Å². The largest absolute Gasteiger partial charge is 0.378 e. The molecular formula is C18H22O2S2. The number of rotatable bonds is 7. The maximum atomic E-state index is 9.96. The summed E-state index contributed by atoms with van der Waals surface area (Å²) in [5.41, 5.74) is 3.18. The molecule has 2 N–H and O–H groups in total. The molecule has 0 saturated heterocycles. The summed E-state index contributed by atoms with van der Waals surface area (Å²) in [4.78, 5) is 0. The topological polar surface area (TPSA) is 40.5 Å². The lowest BCUT2D eigenvalue weighted by Gasteiger charge is -2.12. The zero-order valence-electron chi connectivity index (χ0n) is 12.9. The SMILES string of the molecule is CCSC(O)c1ccc(-c2ccc(C(O)SCC)cc2)cc1. The Morgan fingerprint density at radius 1 is 0.682 bits per heavy atom. The summed E-state index contributed by atoms with van der Waals surface area (Å²) in [6.07, 6.45) is 0. The summed E-state index contributed by atoms with van der Waals surface area (Å²) in [5.74, 6) is 1.78. The highest BCUT2D eigenvalue weighted by atomic mass is 32.2. The van der Waals surface area contributed by atoms with E-state index >= 15 is 0 Å².